The van der Waals surface area contributed by atoms with Gasteiger partial charge in [-0.25, -0.2) is 0 Å². The minimum Gasteiger partial charge on any atom is -0.303 e. The summed E-state index contributed by atoms with van der Waals surface area (Å²) >= 11 is 17.8. The fourth-order valence-electron chi connectivity index (χ4n) is 2.25. The largest absolute Gasteiger partial charge is 0.303 e. The van der Waals surface area contributed by atoms with Crippen molar-refractivity contribution in [1.29, 1.82) is 0 Å². The van der Waals surface area contributed by atoms with E-state index in [1.54, 1.807) is 6.07 Å². The third kappa shape index (κ3) is 2.80. The molecule has 0 bridgehead atoms. The molecule has 1 aliphatic rings. The van der Waals surface area contributed by atoms with Crippen LogP contribution in [0.1, 0.15) is 30.1 Å². The lowest BCUT2D eigenvalue weighted by Crippen LogP contribution is -2.31. The Bertz CT molecular complexity index is 560. The van der Waals surface area contributed by atoms with Crippen LogP contribution in [0.25, 0.3) is 0 Å². The lowest BCUT2D eigenvalue weighted by atomic mass is 10.1. The summed E-state index contributed by atoms with van der Waals surface area (Å²) in [5, 5.41) is 0.632. The molecule has 1 amide bonds. The highest BCUT2D eigenvalue weighted by Gasteiger charge is 2.39. The van der Waals surface area contributed by atoms with Crippen LogP contribution in [0.5, 0.6) is 0 Å². The maximum Gasteiger partial charge on any atom is 0.299 e. The summed E-state index contributed by atoms with van der Waals surface area (Å²) in [5.74, 6) is -0.194. The Kier molecular flexibility index (Phi) is 4.95. The number of carbonyl (C=O) groups excluding carboxylic acids is 2. The van der Waals surface area contributed by atoms with E-state index in [1.165, 1.54) is 11.0 Å². The minimum absolute atomic E-state index is 0.217. The molecule has 6 heteroatoms. The van der Waals surface area contributed by atoms with Gasteiger partial charge >= 0.3 is 0 Å². The van der Waals surface area contributed by atoms with Gasteiger partial charge in [-0.15, -0.1) is 11.6 Å². The van der Waals surface area contributed by atoms with Crippen LogP contribution in [0, 0.1) is 5.92 Å². The molecule has 0 fully saturated rings. The molecule has 0 saturated carbocycles. The van der Waals surface area contributed by atoms with Crippen molar-refractivity contribution in [3.05, 3.63) is 27.7 Å². The number of ketones is 1. The smallest absolute Gasteiger partial charge is 0.299 e. The van der Waals surface area contributed by atoms with E-state index in [4.69, 9.17) is 34.8 Å². The molecule has 0 spiro atoms. The highest BCUT2D eigenvalue weighted by molar-refractivity contribution is 6.56. The maximum absolute atomic E-state index is 12.1. The number of carbonyl (C=O) groups is 2. The molecule has 0 N–H and O–H groups in total. The van der Waals surface area contributed by atoms with Gasteiger partial charge in [0.05, 0.1) is 21.3 Å². The maximum atomic E-state index is 12.1. The van der Waals surface area contributed by atoms with Gasteiger partial charge in [-0.05, 0) is 30.9 Å². The first-order chi connectivity index (χ1) is 9.47. The molecule has 1 aliphatic heterocycles. The van der Waals surface area contributed by atoms with E-state index < -0.39 is 11.7 Å². The van der Waals surface area contributed by atoms with Gasteiger partial charge in [0, 0.05) is 12.4 Å². The average molecular weight is 335 g/mol. The van der Waals surface area contributed by atoms with E-state index in [0.717, 1.165) is 12.8 Å². The van der Waals surface area contributed by atoms with Crippen molar-refractivity contribution in [2.75, 3.05) is 17.3 Å². The fourth-order valence-corrected chi connectivity index (χ4v) is 3.12. The summed E-state index contributed by atoms with van der Waals surface area (Å²) in [4.78, 5) is 25.5. The molecular weight excluding hydrogens is 321 g/mol. The van der Waals surface area contributed by atoms with E-state index >= 15 is 0 Å². The average Bonchev–Trinajstić information content (AvgIpc) is 2.66. The summed E-state index contributed by atoms with van der Waals surface area (Å²) < 4.78 is 0. The number of benzene rings is 1. The van der Waals surface area contributed by atoms with Crippen molar-refractivity contribution in [1.82, 2.24) is 0 Å². The highest BCUT2D eigenvalue weighted by atomic mass is 35.5. The molecule has 20 heavy (non-hydrogen) atoms. The normalized spacial score (nSPS) is 15.7. The molecule has 1 atom stereocenters. The second kappa shape index (κ2) is 6.33. The van der Waals surface area contributed by atoms with E-state index in [9.17, 15) is 9.59 Å². The van der Waals surface area contributed by atoms with Gasteiger partial charge in [0.25, 0.3) is 11.7 Å². The monoisotopic (exact) mass is 333 g/mol. The molecule has 3 nitrogen and oxygen atoms in total. The SMILES string of the molecule is CC(CCCl)CCN1C(=O)C(=O)c2c(Cl)ccc(Cl)c21. The molecule has 1 aromatic rings. The number of alkyl halides is 1. The number of hydrogen-bond acceptors (Lipinski definition) is 2. The molecule has 0 radical (unpaired) electrons. The van der Waals surface area contributed by atoms with Gasteiger partial charge < -0.3 is 4.90 Å². The van der Waals surface area contributed by atoms with Crippen LogP contribution in [0.4, 0.5) is 5.69 Å². The van der Waals surface area contributed by atoms with Crippen LogP contribution < -0.4 is 4.90 Å². The Hall–Kier alpha value is -0.770. The molecule has 2 rings (SSSR count). The summed E-state index contributed by atoms with van der Waals surface area (Å²) in [6.07, 6.45) is 1.63. The van der Waals surface area contributed by atoms with Crippen LogP contribution in [-0.4, -0.2) is 24.1 Å². The van der Waals surface area contributed by atoms with Crippen molar-refractivity contribution < 1.29 is 9.59 Å². The van der Waals surface area contributed by atoms with Crippen molar-refractivity contribution >= 4 is 52.2 Å². The van der Waals surface area contributed by atoms with Crippen LogP contribution in [0.2, 0.25) is 10.0 Å². The van der Waals surface area contributed by atoms with Crippen LogP contribution >= 0.6 is 34.8 Å². The molecule has 1 aromatic carbocycles. The molecular formula is C14H14Cl3NO2. The Morgan fingerprint density at radius 2 is 1.80 bits per heavy atom. The van der Waals surface area contributed by atoms with Gasteiger partial charge in [0.2, 0.25) is 0 Å². The van der Waals surface area contributed by atoms with Crippen LogP contribution in [0.15, 0.2) is 12.1 Å². The quantitative estimate of drug-likeness (QED) is 0.598. The zero-order valence-corrected chi connectivity index (χ0v) is 13.2. The number of halogens is 3. The lowest BCUT2D eigenvalue weighted by Gasteiger charge is -2.19. The lowest BCUT2D eigenvalue weighted by molar-refractivity contribution is -0.114. The Morgan fingerprint density at radius 3 is 2.45 bits per heavy atom. The van der Waals surface area contributed by atoms with E-state index in [2.05, 4.69) is 6.92 Å². The zero-order valence-electron chi connectivity index (χ0n) is 11.0. The molecule has 0 aromatic heterocycles. The zero-order chi connectivity index (χ0) is 14.9. The number of hydrogen-bond donors (Lipinski definition) is 0. The van der Waals surface area contributed by atoms with Crippen LogP contribution in [-0.2, 0) is 4.79 Å². The summed E-state index contributed by atoms with van der Waals surface area (Å²) in [6.45, 7) is 2.50. The number of amides is 1. The third-order valence-electron chi connectivity index (χ3n) is 3.46. The fraction of sp³-hybridized carbons (Fsp3) is 0.429. The van der Waals surface area contributed by atoms with Gasteiger partial charge in [-0.1, -0.05) is 30.1 Å². The minimum atomic E-state index is -0.586. The van der Waals surface area contributed by atoms with Gasteiger partial charge in [0.15, 0.2) is 0 Å². The standard InChI is InChI=1S/C14H14Cl3NO2/c1-8(4-6-15)5-7-18-12-10(17)3-2-9(16)11(12)13(19)14(18)20/h2-3,8H,4-7H2,1H3. The summed E-state index contributed by atoms with van der Waals surface area (Å²) in [6, 6.07) is 3.14. The highest BCUT2D eigenvalue weighted by Crippen LogP contribution is 2.40. The Morgan fingerprint density at radius 1 is 1.15 bits per heavy atom. The predicted octanol–water partition coefficient (Wildman–Crippen LogP) is 4.18. The van der Waals surface area contributed by atoms with Crippen molar-refractivity contribution in [2.24, 2.45) is 5.92 Å². The number of rotatable bonds is 5. The second-order valence-corrected chi connectivity index (χ2v) is 6.10. The molecule has 108 valence electrons. The number of anilines is 1. The Labute approximate surface area is 132 Å². The van der Waals surface area contributed by atoms with Crippen molar-refractivity contribution in [3.8, 4) is 0 Å². The third-order valence-corrected chi connectivity index (χ3v) is 4.30. The molecule has 1 heterocycles. The first-order valence-corrected chi connectivity index (χ1v) is 7.66. The number of nitrogens with zero attached hydrogens (tertiary/aromatic N) is 1. The van der Waals surface area contributed by atoms with Gasteiger partial charge in [0.1, 0.15) is 0 Å². The number of fused-ring (bicyclic) bond motifs is 1. The topological polar surface area (TPSA) is 37.4 Å². The molecule has 0 aliphatic carbocycles. The second-order valence-electron chi connectivity index (χ2n) is 4.91. The van der Waals surface area contributed by atoms with E-state index in [1.807, 2.05) is 0 Å². The summed E-state index contributed by atoms with van der Waals surface area (Å²) in [7, 11) is 0. The van der Waals surface area contributed by atoms with E-state index in [0.29, 0.717) is 29.1 Å². The van der Waals surface area contributed by atoms with Crippen LogP contribution in [0.3, 0.4) is 0 Å². The van der Waals surface area contributed by atoms with Crippen molar-refractivity contribution in [3.63, 3.8) is 0 Å². The first-order valence-electron chi connectivity index (χ1n) is 6.37. The van der Waals surface area contributed by atoms with Gasteiger partial charge in [-0.2, -0.15) is 0 Å². The Balaban J connectivity index is 2.27. The first kappa shape index (κ1) is 15.6. The molecule has 1 unspecified atom stereocenters. The van der Waals surface area contributed by atoms with Gasteiger partial charge in [-0.3, -0.25) is 9.59 Å². The summed E-state index contributed by atoms with van der Waals surface area (Å²) in [5.41, 5.74) is 0.654. The van der Waals surface area contributed by atoms with Crippen molar-refractivity contribution in [2.45, 2.75) is 19.8 Å². The van der Waals surface area contributed by atoms with E-state index in [-0.39, 0.29) is 10.6 Å². The molecule has 0 saturated heterocycles. The predicted molar refractivity (Wildman–Crippen MR) is 82.3 cm³/mol. The number of Topliss-reactive ketones (excluding diaryl/α,β-unsaturated/α-hetero) is 1.